The predicted molar refractivity (Wildman–Crippen MR) is 61.8 cm³/mol. The Balaban J connectivity index is 2.08. The van der Waals surface area contributed by atoms with E-state index in [0.717, 1.165) is 32.5 Å². The Morgan fingerprint density at radius 3 is 2.75 bits per heavy atom. The highest BCUT2D eigenvalue weighted by Crippen LogP contribution is 2.24. The average Bonchev–Trinajstić information content (AvgIpc) is 2.78. The van der Waals surface area contributed by atoms with Crippen molar-refractivity contribution in [2.24, 2.45) is 0 Å². The van der Waals surface area contributed by atoms with Crippen LogP contribution >= 0.6 is 0 Å². The van der Waals surface area contributed by atoms with Crippen molar-refractivity contribution in [1.29, 1.82) is 0 Å². The van der Waals surface area contributed by atoms with Gasteiger partial charge in [-0.2, -0.15) is 0 Å². The summed E-state index contributed by atoms with van der Waals surface area (Å²) in [5.41, 5.74) is 0.412. The summed E-state index contributed by atoms with van der Waals surface area (Å²) in [4.78, 5) is 13.4. The van der Waals surface area contributed by atoms with E-state index in [2.05, 4.69) is 11.8 Å². The van der Waals surface area contributed by atoms with Crippen LogP contribution in [-0.4, -0.2) is 40.2 Å². The van der Waals surface area contributed by atoms with Crippen LogP contribution in [0.25, 0.3) is 0 Å². The van der Waals surface area contributed by atoms with Gasteiger partial charge >= 0.3 is 5.97 Å². The maximum atomic E-state index is 11.0. The molecule has 1 saturated heterocycles. The minimum Gasteiger partial charge on any atom is -0.477 e. The quantitative estimate of drug-likeness (QED) is 0.848. The molecule has 1 fully saturated rings. The SMILES string of the molecule is CCN1CCC(n2cccc2C(=O)O)CC1. The Hall–Kier alpha value is -1.29. The molecule has 0 saturated carbocycles. The van der Waals surface area contributed by atoms with Crippen LogP contribution in [0.5, 0.6) is 0 Å². The van der Waals surface area contributed by atoms with Crippen LogP contribution in [0.15, 0.2) is 18.3 Å². The summed E-state index contributed by atoms with van der Waals surface area (Å²) < 4.78 is 1.91. The molecule has 1 aromatic heterocycles. The Bertz CT molecular complexity index is 365. The van der Waals surface area contributed by atoms with Crippen LogP contribution in [0.2, 0.25) is 0 Å². The summed E-state index contributed by atoms with van der Waals surface area (Å²) in [6.07, 6.45) is 3.97. The van der Waals surface area contributed by atoms with Crippen LogP contribution in [-0.2, 0) is 0 Å². The number of aromatic nitrogens is 1. The first kappa shape index (κ1) is 11.2. The molecule has 0 aliphatic carbocycles. The van der Waals surface area contributed by atoms with Gasteiger partial charge in [-0.15, -0.1) is 0 Å². The molecule has 0 spiro atoms. The monoisotopic (exact) mass is 222 g/mol. The summed E-state index contributed by atoms with van der Waals surface area (Å²) in [5.74, 6) is -0.831. The molecule has 0 unspecified atom stereocenters. The van der Waals surface area contributed by atoms with Crippen LogP contribution in [0, 0.1) is 0 Å². The van der Waals surface area contributed by atoms with Crippen molar-refractivity contribution in [3.8, 4) is 0 Å². The van der Waals surface area contributed by atoms with Crippen LogP contribution in [0.1, 0.15) is 36.3 Å². The van der Waals surface area contributed by atoms with Crippen molar-refractivity contribution in [3.63, 3.8) is 0 Å². The average molecular weight is 222 g/mol. The van der Waals surface area contributed by atoms with Crippen molar-refractivity contribution >= 4 is 5.97 Å². The van der Waals surface area contributed by atoms with Gasteiger partial charge in [0.05, 0.1) is 0 Å². The van der Waals surface area contributed by atoms with Gasteiger partial charge in [0.2, 0.25) is 0 Å². The summed E-state index contributed by atoms with van der Waals surface area (Å²) in [5, 5.41) is 9.05. The molecule has 0 aromatic carbocycles. The zero-order valence-electron chi connectivity index (χ0n) is 9.59. The van der Waals surface area contributed by atoms with Crippen molar-refractivity contribution in [2.75, 3.05) is 19.6 Å². The van der Waals surface area contributed by atoms with Crippen molar-refractivity contribution in [2.45, 2.75) is 25.8 Å². The second-order valence-corrected chi connectivity index (χ2v) is 4.27. The summed E-state index contributed by atoms with van der Waals surface area (Å²) in [6, 6.07) is 3.84. The van der Waals surface area contributed by atoms with E-state index in [-0.39, 0.29) is 0 Å². The summed E-state index contributed by atoms with van der Waals surface area (Å²) >= 11 is 0. The number of carboxylic acids is 1. The third-order valence-corrected chi connectivity index (χ3v) is 3.40. The van der Waals surface area contributed by atoms with E-state index in [4.69, 9.17) is 5.11 Å². The molecule has 4 nitrogen and oxygen atoms in total. The highest BCUT2D eigenvalue weighted by atomic mass is 16.4. The number of likely N-dealkylation sites (tertiary alicyclic amines) is 1. The second kappa shape index (κ2) is 4.70. The number of hydrogen-bond acceptors (Lipinski definition) is 2. The van der Waals surface area contributed by atoms with Gasteiger partial charge < -0.3 is 14.6 Å². The van der Waals surface area contributed by atoms with Crippen LogP contribution < -0.4 is 0 Å². The topological polar surface area (TPSA) is 45.5 Å². The molecule has 1 aliphatic heterocycles. The van der Waals surface area contributed by atoms with Gasteiger partial charge in [0.1, 0.15) is 5.69 Å². The minimum atomic E-state index is -0.831. The molecule has 0 amide bonds. The van der Waals surface area contributed by atoms with E-state index in [9.17, 15) is 4.79 Å². The van der Waals surface area contributed by atoms with Crippen LogP contribution in [0.3, 0.4) is 0 Å². The largest absolute Gasteiger partial charge is 0.477 e. The first-order valence-corrected chi connectivity index (χ1v) is 5.85. The van der Waals surface area contributed by atoms with E-state index < -0.39 is 5.97 Å². The summed E-state index contributed by atoms with van der Waals surface area (Å²) in [6.45, 7) is 5.39. The Morgan fingerprint density at radius 2 is 2.19 bits per heavy atom. The molecule has 4 heteroatoms. The van der Waals surface area contributed by atoms with Gasteiger partial charge in [0.25, 0.3) is 0 Å². The van der Waals surface area contributed by atoms with Gasteiger partial charge in [-0.05, 0) is 31.5 Å². The highest BCUT2D eigenvalue weighted by molar-refractivity contribution is 5.85. The molecule has 16 heavy (non-hydrogen) atoms. The minimum absolute atomic E-state index is 0.351. The first-order valence-electron chi connectivity index (χ1n) is 5.85. The fourth-order valence-corrected chi connectivity index (χ4v) is 2.41. The fourth-order valence-electron chi connectivity index (χ4n) is 2.41. The van der Waals surface area contributed by atoms with Crippen molar-refractivity contribution in [3.05, 3.63) is 24.0 Å². The highest BCUT2D eigenvalue weighted by Gasteiger charge is 2.22. The maximum absolute atomic E-state index is 11.0. The molecule has 1 aliphatic rings. The van der Waals surface area contributed by atoms with Gasteiger partial charge in [0.15, 0.2) is 0 Å². The van der Waals surface area contributed by atoms with Gasteiger partial charge in [0, 0.05) is 25.3 Å². The maximum Gasteiger partial charge on any atom is 0.352 e. The smallest absolute Gasteiger partial charge is 0.352 e. The summed E-state index contributed by atoms with van der Waals surface area (Å²) in [7, 11) is 0. The van der Waals surface area contributed by atoms with Gasteiger partial charge in [-0.25, -0.2) is 4.79 Å². The standard InChI is InChI=1S/C12H18N2O2/c1-2-13-8-5-10(6-9-13)14-7-3-4-11(14)12(15)16/h3-4,7,10H,2,5-6,8-9H2,1H3,(H,15,16). The molecule has 2 heterocycles. The number of rotatable bonds is 3. The van der Waals surface area contributed by atoms with Crippen molar-refractivity contribution < 1.29 is 9.90 Å². The first-order chi connectivity index (χ1) is 7.72. The number of nitrogens with zero attached hydrogens (tertiary/aromatic N) is 2. The fraction of sp³-hybridized carbons (Fsp3) is 0.583. The molecule has 0 bridgehead atoms. The van der Waals surface area contributed by atoms with E-state index in [1.165, 1.54) is 0 Å². The number of piperidine rings is 1. The third kappa shape index (κ3) is 2.11. The van der Waals surface area contributed by atoms with E-state index in [1.807, 2.05) is 16.8 Å². The molecule has 1 N–H and O–H groups in total. The van der Waals surface area contributed by atoms with E-state index >= 15 is 0 Å². The lowest BCUT2D eigenvalue weighted by atomic mass is 10.0. The van der Waals surface area contributed by atoms with Gasteiger partial charge in [-0.3, -0.25) is 0 Å². The zero-order valence-corrected chi connectivity index (χ0v) is 9.59. The molecule has 0 radical (unpaired) electrons. The Labute approximate surface area is 95.5 Å². The number of aromatic carboxylic acids is 1. The lowest BCUT2D eigenvalue weighted by molar-refractivity contribution is 0.0678. The third-order valence-electron chi connectivity index (χ3n) is 3.40. The normalized spacial score (nSPS) is 18.8. The molecule has 88 valence electrons. The predicted octanol–water partition coefficient (Wildman–Crippen LogP) is 1.84. The number of carboxylic acid groups (broad SMARTS) is 1. The molecule has 2 rings (SSSR count). The van der Waals surface area contributed by atoms with E-state index in [1.54, 1.807) is 6.07 Å². The number of carbonyl (C=O) groups is 1. The molecule has 1 aromatic rings. The number of hydrogen-bond donors (Lipinski definition) is 1. The second-order valence-electron chi connectivity index (χ2n) is 4.27. The molecule has 0 atom stereocenters. The lowest BCUT2D eigenvalue weighted by Crippen LogP contribution is -2.34. The molecular formula is C12H18N2O2. The Kier molecular flexibility index (Phi) is 3.29. The van der Waals surface area contributed by atoms with Crippen LogP contribution in [0.4, 0.5) is 0 Å². The van der Waals surface area contributed by atoms with E-state index in [0.29, 0.717) is 11.7 Å². The lowest BCUT2D eigenvalue weighted by Gasteiger charge is -2.32. The zero-order chi connectivity index (χ0) is 11.5. The van der Waals surface area contributed by atoms with Gasteiger partial charge in [-0.1, -0.05) is 6.92 Å². The molecular weight excluding hydrogens is 204 g/mol. The van der Waals surface area contributed by atoms with Crippen molar-refractivity contribution in [1.82, 2.24) is 9.47 Å². The Morgan fingerprint density at radius 1 is 1.50 bits per heavy atom.